The first-order chi connectivity index (χ1) is 7.54. The van der Waals surface area contributed by atoms with Crippen molar-refractivity contribution in [2.24, 2.45) is 11.5 Å². The fraction of sp³-hybridized carbons (Fsp3) is 0.200. The van der Waals surface area contributed by atoms with Crippen molar-refractivity contribution in [1.82, 2.24) is 0 Å². The maximum Gasteiger partial charge on any atom is 0.255 e. The summed E-state index contributed by atoms with van der Waals surface area (Å²) in [6.07, 6.45) is 0. The number of carbonyl (C=O) groups is 2. The number of hydrogen-bond donors (Lipinski definition) is 2. The maximum absolute atomic E-state index is 11.1. The fourth-order valence-corrected chi connectivity index (χ4v) is 1.10. The molecule has 16 heavy (non-hydrogen) atoms. The molecule has 0 bridgehead atoms. The summed E-state index contributed by atoms with van der Waals surface area (Å²) in [7, 11) is 1.47. The van der Waals surface area contributed by atoms with Gasteiger partial charge in [0.1, 0.15) is 11.5 Å². The SMILES string of the molecule is COc1ccc(C(N)=O)c(OCC(N)=O)c1. The normalized spacial score (nSPS) is 9.56. The second-order valence-corrected chi connectivity index (χ2v) is 2.98. The second kappa shape index (κ2) is 5.01. The van der Waals surface area contributed by atoms with E-state index < -0.39 is 11.8 Å². The Labute approximate surface area is 92.1 Å². The van der Waals surface area contributed by atoms with Gasteiger partial charge in [-0.15, -0.1) is 0 Å². The number of ether oxygens (including phenoxy) is 2. The van der Waals surface area contributed by atoms with Crippen LogP contribution in [-0.4, -0.2) is 25.5 Å². The smallest absolute Gasteiger partial charge is 0.255 e. The van der Waals surface area contributed by atoms with Gasteiger partial charge in [0.15, 0.2) is 6.61 Å². The number of carbonyl (C=O) groups excluding carboxylic acids is 2. The van der Waals surface area contributed by atoms with Gasteiger partial charge in [-0.3, -0.25) is 9.59 Å². The lowest BCUT2D eigenvalue weighted by Gasteiger charge is -2.09. The highest BCUT2D eigenvalue weighted by Crippen LogP contribution is 2.24. The molecule has 0 fully saturated rings. The minimum absolute atomic E-state index is 0.169. The highest BCUT2D eigenvalue weighted by molar-refractivity contribution is 5.96. The standard InChI is InChI=1S/C10H12N2O4/c1-15-6-2-3-7(10(12)14)8(4-6)16-5-9(11)13/h2-4H,5H2,1H3,(H2,11,13)(H2,12,14). The average Bonchev–Trinajstić information content (AvgIpc) is 2.25. The summed E-state index contributed by atoms with van der Waals surface area (Å²) in [5, 5.41) is 0. The first kappa shape index (κ1) is 11.8. The van der Waals surface area contributed by atoms with Gasteiger partial charge >= 0.3 is 0 Å². The average molecular weight is 224 g/mol. The van der Waals surface area contributed by atoms with Crippen LogP contribution in [0.1, 0.15) is 10.4 Å². The molecule has 2 amide bonds. The zero-order valence-corrected chi connectivity index (χ0v) is 8.73. The molecule has 6 heteroatoms. The minimum atomic E-state index is -0.651. The zero-order chi connectivity index (χ0) is 12.1. The molecule has 0 radical (unpaired) electrons. The molecular weight excluding hydrogens is 212 g/mol. The van der Waals surface area contributed by atoms with Crippen molar-refractivity contribution in [2.75, 3.05) is 13.7 Å². The largest absolute Gasteiger partial charge is 0.497 e. The molecule has 86 valence electrons. The van der Waals surface area contributed by atoms with E-state index in [4.69, 9.17) is 20.9 Å². The Hall–Kier alpha value is -2.24. The van der Waals surface area contributed by atoms with Crippen molar-refractivity contribution in [1.29, 1.82) is 0 Å². The number of amides is 2. The van der Waals surface area contributed by atoms with Crippen LogP contribution in [0.2, 0.25) is 0 Å². The van der Waals surface area contributed by atoms with Gasteiger partial charge in [-0.1, -0.05) is 0 Å². The molecule has 0 aromatic heterocycles. The molecular formula is C10H12N2O4. The van der Waals surface area contributed by atoms with E-state index in [1.807, 2.05) is 0 Å². The van der Waals surface area contributed by atoms with E-state index in [2.05, 4.69) is 0 Å². The summed E-state index contributed by atoms with van der Waals surface area (Å²) in [6.45, 7) is -0.326. The van der Waals surface area contributed by atoms with E-state index in [0.717, 1.165) is 0 Å². The highest BCUT2D eigenvalue weighted by atomic mass is 16.5. The molecule has 0 atom stereocenters. The van der Waals surface area contributed by atoms with Crippen molar-refractivity contribution < 1.29 is 19.1 Å². The van der Waals surface area contributed by atoms with E-state index >= 15 is 0 Å². The number of primary amides is 2. The summed E-state index contributed by atoms with van der Waals surface area (Å²) < 4.78 is 10.00. The third kappa shape index (κ3) is 2.88. The summed E-state index contributed by atoms with van der Waals surface area (Å²) >= 11 is 0. The number of nitrogens with two attached hydrogens (primary N) is 2. The van der Waals surface area contributed by atoms with E-state index in [0.29, 0.717) is 5.75 Å². The number of rotatable bonds is 5. The van der Waals surface area contributed by atoms with Crippen molar-refractivity contribution >= 4 is 11.8 Å². The summed E-state index contributed by atoms with van der Waals surface area (Å²) in [5.41, 5.74) is 10.2. The molecule has 6 nitrogen and oxygen atoms in total. The molecule has 0 saturated carbocycles. The Morgan fingerprint density at radius 2 is 2.00 bits per heavy atom. The van der Waals surface area contributed by atoms with E-state index in [-0.39, 0.29) is 17.9 Å². The molecule has 0 aliphatic rings. The molecule has 0 heterocycles. The quantitative estimate of drug-likeness (QED) is 0.713. The van der Waals surface area contributed by atoms with Crippen molar-refractivity contribution in [2.45, 2.75) is 0 Å². The fourth-order valence-electron chi connectivity index (χ4n) is 1.10. The van der Waals surface area contributed by atoms with Gasteiger partial charge in [-0.25, -0.2) is 0 Å². The van der Waals surface area contributed by atoms with Crippen LogP contribution in [0.4, 0.5) is 0 Å². The molecule has 0 saturated heterocycles. The third-order valence-corrected chi connectivity index (χ3v) is 1.82. The third-order valence-electron chi connectivity index (χ3n) is 1.82. The van der Waals surface area contributed by atoms with E-state index in [1.54, 1.807) is 6.07 Å². The second-order valence-electron chi connectivity index (χ2n) is 2.98. The van der Waals surface area contributed by atoms with Gasteiger partial charge in [0.2, 0.25) is 0 Å². The molecule has 0 unspecified atom stereocenters. The van der Waals surface area contributed by atoms with Gasteiger partial charge in [0, 0.05) is 6.07 Å². The summed E-state index contributed by atoms with van der Waals surface area (Å²) in [4.78, 5) is 21.6. The predicted octanol–water partition coefficient (Wildman–Crippen LogP) is -0.342. The summed E-state index contributed by atoms with van der Waals surface area (Å²) in [6, 6.07) is 4.48. The van der Waals surface area contributed by atoms with Gasteiger partial charge in [-0.05, 0) is 12.1 Å². The number of methoxy groups -OCH3 is 1. The van der Waals surface area contributed by atoms with E-state index in [9.17, 15) is 9.59 Å². The first-order valence-electron chi connectivity index (χ1n) is 4.43. The Bertz CT molecular complexity index is 417. The Kier molecular flexibility index (Phi) is 3.71. The first-order valence-corrected chi connectivity index (χ1v) is 4.43. The van der Waals surface area contributed by atoms with Crippen LogP contribution in [0.15, 0.2) is 18.2 Å². The van der Waals surface area contributed by atoms with Crippen LogP contribution in [0.3, 0.4) is 0 Å². The van der Waals surface area contributed by atoms with Crippen LogP contribution in [-0.2, 0) is 4.79 Å². The Balaban J connectivity index is 3.00. The van der Waals surface area contributed by atoms with Crippen LogP contribution in [0.5, 0.6) is 11.5 Å². The number of hydrogen-bond acceptors (Lipinski definition) is 4. The Morgan fingerprint density at radius 3 is 2.50 bits per heavy atom. The molecule has 0 aliphatic carbocycles. The lowest BCUT2D eigenvalue weighted by Crippen LogP contribution is -2.21. The molecule has 4 N–H and O–H groups in total. The van der Waals surface area contributed by atoms with Crippen molar-refractivity contribution in [3.8, 4) is 11.5 Å². The lowest BCUT2D eigenvalue weighted by molar-refractivity contribution is -0.119. The molecule has 0 spiro atoms. The molecule has 1 rings (SSSR count). The Morgan fingerprint density at radius 1 is 1.31 bits per heavy atom. The zero-order valence-electron chi connectivity index (χ0n) is 8.73. The minimum Gasteiger partial charge on any atom is -0.497 e. The number of benzene rings is 1. The predicted molar refractivity (Wildman–Crippen MR) is 56.2 cm³/mol. The monoisotopic (exact) mass is 224 g/mol. The van der Waals surface area contributed by atoms with Crippen LogP contribution in [0, 0.1) is 0 Å². The maximum atomic E-state index is 11.1. The van der Waals surface area contributed by atoms with Crippen molar-refractivity contribution in [3.05, 3.63) is 23.8 Å². The highest BCUT2D eigenvalue weighted by Gasteiger charge is 2.11. The van der Waals surface area contributed by atoms with Crippen LogP contribution >= 0.6 is 0 Å². The van der Waals surface area contributed by atoms with Crippen molar-refractivity contribution in [3.63, 3.8) is 0 Å². The topological polar surface area (TPSA) is 105 Å². The van der Waals surface area contributed by atoms with Gasteiger partial charge in [0.25, 0.3) is 11.8 Å². The van der Waals surface area contributed by atoms with E-state index in [1.165, 1.54) is 19.2 Å². The molecule has 1 aromatic rings. The van der Waals surface area contributed by atoms with Gasteiger partial charge < -0.3 is 20.9 Å². The summed E-state index contributed by atoms with van der Waals surface area (Å²) in [5.74, 6) is -0.629. The molecule has 1 aromatic carbocycles. The lowest BCUT2D eigenvalue weighted by atomic mass is 10.2. The van der Waals surface area contributed by atoms with Gasteiger partial charge in [0.05, 0.1) is 12.7 Å². The van der Waals surface area contributed by atoms with Crippen LogP contribution in [0.25, 0.3) is 0 Å². The van der Waals surface area contributed by atoms with Crippen LogP contribution < -0.4 is 20.9 Å². The molecule has 0 aliphatic heterocycles. The van der Waals surface area contributed by atoms with Gasteiger partial charge in [-0.2, -0.15) is 0 Å².